The highest BCUT2D eigenvalue weighted by molar-refractivity contribution is 6.07. The highest BCUT2D eigenvalue weighted by Gasteiger charge is 2.55. The number of fused-ring (bicyclic) bond motifs is 4. The summed E-state index contributed by atoms with van der Waals surface area (Å²) in [6, 6.07) is 5.89. The number of H-pyrrole nitrogens is 1. The Labute approximate surface area is 157 Å². The molecular formula is C21H24N2O4. The molecule has 2 N–H and O–H groups in total. The van der Waals surface area contributed by atoms with Gasteiger partial charge in [0, 0.05) is 36.7 Å². The summed E-state index contributed by atoms with van der Waals surface area (Å²) in [4.78, 5) is 30.6. The van der Waals surface area contributed by atoms with Crippen LogP contribution in [0.5, 0.6) is 0 Å². The number of carboxylic acids is 1. The van der Waals surface area contributed by atoms with Crippen molar-refractivity contribution >= 4 is 22.8 Å². The van der Waals surface area contributed by atoms with Gasteiger partial charge in [0.1, 0.15) is 0 Å². The average Bonchev–Trinajstić information content (AvgIpc) is 3.26. The number of benzene rings is 1. The fourth-order valence-corrected chi connectivity index (χ4v) is 5.23. The Kier molecular flexibility index (Phi) is 3.79. The predicted octanol–water partition coefficient (Wildman–Crippen LogP) is 2.61. The molecule has 0 spiro atoms. The van der Waals surface area contributed by atoms with E-state index in [1.54, 1.807) is 4.90 Å². The zero-order valence-electron chi connectivity index (χ0n) is 15.3. The van der Waals surface area contributed by atoms with Crippen LogP contribution < -0.4 is 0 Å². The molecule has 3 aliphatic rings. The third-order valence-corrected chi connectivity index (χ3v) is 6.78. The molecule has 0 saturated carbocycles. The number of carboxylic acid groups (broad SMARTS) is 1. The summed E-state index contributed by atoms with van der Waals surface area (Å²) in [5.74, 6) is -1.02. The van der Waals surface area contributed by atoms with Crippen LogP contribution in [0.25, 0.3) is 10.9 Å². The molecule has 27 heavy (non-hydrogen) atoms. The predicted molar refractivity (Wildman–Crippen MR) is 99.8 cm³/mol. The number of aryl methyl sites for hydroxylation is 2. The van der Waals surface area contributed by atoms with Crippen molar-refractivity contribution in [3.05, 3.63) is 35.0 Å². The SMILES string of the molecule is O=C(c1cccc2c3c([nH]c12)CCCC3)N1C[C@@H]2COCC[C@]2(C(=O)O)C1. The molecule has 0 unspecified atom stereocenters. The van der Waals surface area contributed by atoms with E-state index >= 15 is 0 Å². The fraction of sp³-hybridized carbons (Fsp3) is 0.524. The van der Waals surface area contributed by atoms with Crippen LogP contribution in [0.2, 0.25) is 0 Å². The zero-order valence-corrected chi connectivity index (χ0v) is 15.3. The van der Waals surface area contributed by atoms with Crippen LogP contribution in [-0.4, -0.2) is 53.2 Å². The molecule has 2 saturated heterocycles. The fourth-order valence-electron chi connectivity index (χ4n) is 5.23. The van der Waals surface area contributed by atoms with Gasteiger partial charge in [0.2, 0.25) is 0 Å². The molecule has 3 heterocycles. The van der Waals surface area contributed by atoms with Crippen LogP contribution in [0.15, 0.2) is 18.2 Å². The number of para-hydroxylation sites is 1. The van der Waals surface area contributed by atoms with Crippen LogP contribution in [0, 0.1) is 11.3 Å². The molecule has 142 valence electrons. The molecule has 1 aromatic heterocycles. The van der Waals surface area contributed by atoms with Gasteiger partial charge in [-0.1, -0.05) is 12.1 Å². The summed E-state index contributed by atoms with van der Waals surface area (Å²) in [5.41, 5.74) is 3.29. The quantitative estimate of drug-likeness (QED) is 0.854. The van der Waals surface area contributed by atoms with Crippen LogP contribution in [0.3, 0.4) is 0 Å². The van der Waals surface area contributed by atoms with Crippen LogP contribution in [-0.2, 0) is 22.4 Å². The lowest BCUT2D eigenvalue weighted by molar-refractivity contribution is -0.157. The Bertz CT molecular complexity index is 934. The van der Waals surface area contributed by atoms with Crippen molar-refractivity contribution in [2.24, 2.45) is 11.3 Å². The molecular weight excluding hydrogens is 344 g/mol. The van der Waals surface area contributed by atoms with E-state index in [1.807, 2.05) is 12.1 Å². The maximum atomic E-state index is 13.4. The van der Waals surface area contributed by atoms with Crippen LogP contribution in [0.1, 0.15) is 40.9 Å². The van der Waals surface area contributed by atoms with Gasteiger partial charge in [-0.3, -0.25) is 9.59 Å². The van der Waals surface area contributed by atoms with Gasteiger partial charge < -0.3 is 19.7 Å². The second-order valence-electron chi connectivity index (χ2n) is 8.19. The van der Waals surface area contributed by atoms with Gasteiger partial charge in [-0.2, -0.15) is 0 Å². The maximum absolute atomic E-state index is 13.4. The van der Waals surface area contributed by atoms with Crippen molar-refractivity contribution in [3.63, 3.8) is 0 Å². The first-order chi connectivity index (χ1) is 13.1. The summed E-state index contributed by atoms with van der Waals surface area (Å²) in [7, 11) is 0. The van der Waals surface area contributed by atoms with E-state index in [0.717, 1.165) is 23.7 Å². The van der Waals surface area contributed by atoms with Crippen molar-refractivity contribution in [3.8, 4) is 0 Å². The third-order valence-electron chi connectivity index (χ3n) is 6.78. The number of hydrogen-bond acceptors (Lipinski definition) is 3. The molecule has 2 fully saturated rings. The standard InChI is InChI=1S/C21H24N2O4/c24-19(23-10-13-11-27-9-8-21(13,12-23)20(25)26)16-6-3-5-15-14-4-1-2-7-17(14)22-18(15)16/h3,5-6,13,22H,1-2,4,7-12H2,(H,25,26)/t13-,21+/m1/s1. The minimum Gasteiger partial charge on any atom is -0.481 e. The number of carbonyl (C=O) groups excluding carboxylic acids is 1. The van der Waals surface area contributed by atoms with Gasteiger partial charge in [0.15, 0.2) is 0 Å². The molecule has 5 rings (SSSR count). The number of aromatic nitrogens is 1. The van der Waals surface area contributed by atoms with Crippen molar-refractivity contribution < 1.29 is 19.4 Å². The molecule has 6 heteroatoms. The van der Waals surface area contributed by atoms with Crippen molar-refractivity contribution in [1.82, 2.24) is 9.88 Å². The normalized spacial score (nSPS) is 27.4. The average molecular weight is 368 g/mol. The lowest BCUT2D eigenvalue weighted by Crippen LogP contribution is -2.45. The number of amides is 1. The highest BCUT2D eigenvalue weighted by atomic mass is 16.5. The smallest absolute Gasteiger partial charge is 0.311 e. The Morgan fingerprint density at radius 3 is 2.93 bits per heavy atom. The molecule has 1 aliphatic carbocycles. The second kappa shape index (κ2) is 6.09. The Morgan fingerprint density at radius 2 is 2.11 bits per heavy atom. The molecule has 2 aliphatic heterocycles. The van der Waals surface area contributed by atoms with E-state index < -0.39 is 11.4 Å². The Balaban J connectivity index is 1.51. The van der Waals surface area contributed by atoms with Crippen molar-refractivity contribution in [1.29, 1.82) is 0 Å². The second-order valence-corrected chi connectivity index (χ2v) is 8.19. The summed E-state index contributed by atoms with van der Waals surface area (Å²) in [6.07, 6.45) is 4.92. The molecule has 0 bridgehead atoms. The third kappa shape index (κ3) is 2.42. The number of aliphatic carboxylic acids is 1. The van der Waals surface area contributed by atoms with E-state index in [2.05, 4.69) is 11.1 Å². The summed E-state index contributed by atoms with van der Waals surface area (Å²) >= 11 is 0. The number of aromatic amines is 1. The number of likely N-dealkylation sites (tertiary alicyclic amines) is 1. The molecule has 2 aromatic rings. The topological polar surface area (TPSA) is 82.6 Å². The Hall–Kier alpha value is -2.34. The molecule has 6 nitrogen and oxygen atoms in total. The minimum absolute atomic E-state index is 0.0748. The van der Waals surface area contributed by atoms with E-state index in [0.29, 0.717) is 31.7 Å². The molecule has 2 atom stereocenters. The van der Waals surface area contributed by atoms with E-state index in [-0.39, 0.29) is 18.4 Å². The van der Waals surface area contributed by atoms with Gasteiger partial charge >= 0.3 is 5.97 Å². The monoisotopic (exact) mass is 368 g/mol. The molecule has 0 radical (unpaired) electrons. The van der Waals surface area contributed by atoms with Crippen LogP contribution >= 0.6 is 0 Å². The summed E-state index contributed by atoms with van der Waals surface area (Å²) < 4.78 is 5.51. The van der Waals surface area contributed by atoms with Gasteiger partial charge in [-0.15, -0.1) is 0 Å². The Morgan fingerprint density at radius 1 is 1.26 bits per heavy atom. The van der Waals surface area contributed by atoms with Crippen molar-refractivity contribution in [2.75, 3.05) is 26.3 Å². The number of rotatable bonds is 2. The van der Waals surface area contributed by atoms with E-state index in [1.165, 1.54) is 24.1 Å². The van der Waals surface area contributed by atoms with Gasteiger partial charge in [0.25, 0.3) is 5.91 Å². The van der Waals surface area contributed by atoms with Gasteiger partial charge in [-0.25, -0.2) is 0 Å². The maximum Gasteiger partial charge on any atom is 0.311 e. The first kappa shape index (κ1) is 16.8. The van der Waals surface area contributed by atoms with Gasteiger partial charge in [-0.05, 0) is 43.7 Å². The largest absolute Gasteiger partial charge is 0.481 e. The summed E-state index contributed by atoms with van der Waals surface area (Å²) in [5, 5.41) is 11.0. The molecule has 1 aromatic carbocycles. The lowest BCUT2D eigenvalue weighted by Gasteiger charge is -2.33. The number of ether oxygens (including phenoxy) is 1. The van der Waals surface area contributed by atoms with E-state index in [4.69, 9.17) is 4.74 Å². The number of nitrogens with zero attached hydrogens (tertiary/aromatic N) is 1. The van der Waals surface area contributed by atoms with Crippen LogP contribution in [0.4, 0.5) is 0 Å². The number of carbonyl (C=O) groups is 2. The molecule has 1 amide bonds. The first-order valence-corrected chi connectivity index (χ1v) is 9.83. The summed E-state index contributed by atoms with van der Waals surface area (Å²) in [6.45, 7) is 1.58. The number of nitrogens with one attached hydrogen (secondary N) is 1. The number of hydrogen-bond donors (Lipinski definition) is 2. The first-order valence-electron chi connectivity index (χ1n) is 9.83. The highest BCUT2D eigenvalue weighted by Crippen LogP contribution is 2.43. The minimum atomic E-state index is -0.864. The zero-order chi connectivity index (χ0) is 18.6. The van der Waals surface area contributed by atoms with E-state index in [9.17, 15) is 14.7 Å². The van der Waals surface area contributed by atoms with Gasteiger partial charge in [0.05, 0.1) is 23.1 Å². The lowest BCUT2D eigenvalue weighted by atomic mass is 9.74. The van der Waals surface area contributed by atoms with Crippen molar-refractivity contribution in [2.45, 2.75) is 32.1 Å².